The molecule has 5 heteroatoms. The highest BCUT2D eigenvalue weighted by Gasteiger charge is 2.21. The second-order valence-electron chi connectivity index (χ2n) is 5.75. The fourth-order valence-electron chi connectivity index (χ4n) is 3.00. The molecule has 0 unspecified atom stereocenters. The molecule has 2 fully saturated rings. The van der Waals surface area contributed by atoms with Crippen LogP contribution in [0.25, 0.3) is 0 Å². The fraction of sp³-hybridized carbons (Fsp3) is 0.929. The van der Waals surface area contributed by atoms with Crippen LogP contribution in [0.15, 0.2) is 0 Å². The largest absolute Gasteiger partial charge is 0.359 e. The van der Waals surface area contributed by atoms with Crippen LogP contribution in [0.2, 0.25) is 0 Å². The van der Waals surface area contributed by atoms with Gasteiger partial charge in [0.25, 0.3) is 0 Å². The van der Waals surface area contributed by atoms with Crippen LogP contribution in [0.3, 0.4) is 0 Å². The maximum Gasteiger partial charge on any atom is 0.220 e. The maximum atomic E-state index is 11.4. The molecule has 110 valence electrons. The summed E-state index contributed by atoms with van der Waals surface area (Å²) in [5, 5.41) is 6.12. The van der Waals surface area contributed by atoms with Crippen molar-refractivity contribution >= 4 is 5.91 Å². The first kappa shape index (κ1) is 14.8. The number of nitrogens with one attached hydrogen (secondary N) is 2. The summed E-state index contributed by atoms with van der Waals surface area (Å²) in [6.45, 7) is 9.35. The van der Waals surface area contributed by atoms with Gasteiger partial charge >= 0.3 is 0 Å². The van der Waals surface area contributed by atoms with Crippen molar-refractivity contribution in [3.63, 3.8) is 0 Å². The smallest absolute Gasteiger partial charge is 0.220 e. The number of piperidine rings is 1. The van der Waals surface area contributed by atoms with Gasteiger partial charge in [-0.1, -0.05) is 0 Å². The van der Waals surface area contributed by atoms with E-state index in [0.717, 1.165) is 26.2 Å². The van der Waals surface area contributed by atoms with Gasteiger partial charge in [-0.05, 0) is 31.8 Å². The lowest BCUT2D eigenvalue weighted by Gasteiger charge is -2.34. The maximum absolute atomic E-state index is 11.4. The average molecular weight is 268 g/mol. The summed E-state index contributed by atoms with van der Waals surface area (Å²) in [7, 11) is 1.73. The summed E-state index contributed by atoms with van der Waals surface area (Å²) in [5.74, 6) is 0.787. The van der Waals surface area contributed by atoms with Crippen LogP contribution in [0, 0.1) is 5.92 Å². The van der Waals surface area contributed by atoms with E-state index in [-0.39, 0.29) is 5.91 Å². The number of carbonyl (C=O) groups is 1. The lowest BCUT2D eigenvalue weighted by molar-refractivity contribution is -0.121. The first-order valence-electron chi connectivity index (χ1n) is 7.64. The van der Waals surface area contributed by atoms with Crippen molar-refractivity contribution in [2.24, 2.45) is 5.92 Å². The molecule has 0 bridgehead atoms. The van der Waals surface area contributed by atoms with Gasteiger partial charge < -0.3 is 15.5 Å². The highest BCUT2D eigenvalue weighted by Crippen LogP contribution is 2.20. The molecule has 0 atom stereocenters. The number of nitrogens with zero attached hydrogens (tertiary/aromatic N) is 2. The molecule has 2 N–H and O–H groups in total. The van der Waals surface area contributed by atoms with E-state index in [4.69, 9.17) is 0 Å². The van der Waals surface area contributed by atoms with E-state index in [1.165, 1.54) is 39.0 Å². The van der Waals surface area contributed by atoms with Gasteiger partial charge in [0.15, 0.2) is 0 Å². The quantitative estimate of drug-likeness (QED) is 0.721. The third-order valence-corrected chi connectivity index (χ3v) is 4.40. The summed E-state index contributed by atoms with van der Waals surface area (Å²) in [4.78, 5) is 16.5. The molecule has 2 aliphatic heterocycles. The molecule has 0 aromatic rings. The number of carbonyl (C=O) groups excluding carboxylic acids is 1. The van der Waals surface area contributed by atoms with Crippen LogP contribution in [0.5, 0.6) is 0 Å². The minimum Gasteiger partial charge on any atom is -0.359 e. The van der Waals surface area contributed by atoms with Crippen LogP contribution >= 0.6 is 0 Å². The molecule has 0 spiro atoms. The zero-order chi connectivity index (χ0) is 13.5. The Hall–Kier alpha value is -0.650. The summed E-state index contributed by atoms with van der Waals surface area (Å²) in [6.07, 6.45) is 3.06. The predicted octanol–water partition coefficient (Wildman–Crippen LogP) is -0.260. The van der Waals surface area contributed by atoms with Gasteiger partial charge in [0.1, 0.15) is 0 Å². The van der Waals surface area contributed by atoms with Gasteiger partial charge in [0.05, 0.1) is 0 Å². The number of likely N-dealkylation sites (tertiary alicyclic amines) is 1. The Balaban J connectivity index is 1.59. The van der Waals surface area contributed by atoms with Crippen LogP contribution in [0.1, 0.15) is 19.3 Å². The van der Waals surface area contributed by atoms with E-state index in [1.807, 2.05) is 0 Å². The highest BCUT2D eigenvalue weighted by molar-refractivity contribution is 5.75. The van der Waals surface area contributed by atoms with Crippen molar-refractivity contribution in [1.82, 2.24) is 20.4 Å². The van der Waals surface area contributed by atoms with E-state index in [0.29, 0.717) is 12.3 Å². The second-order valence-corrected chi connectivity index (χ2v) is 5.75. The lowest BCUT2D eigenvalue weighted by Crippen LogP contribution is -2.47. The van der Waals surface area contributed by atoms with Gasteiger partial charge in [-0.2, -0.15) is 0 Å². The van der Waals surface area contributed by atoms with Crippen molar-refractivity contribution in [2.45, 2.75) is 19.3 Å². The minimum absolute atomic E-state index is 0.194. The summed E-state index contributed by atoms with van der Waals surface area (Å²) >= 11 is 0. The fourth-order valence-corrected chi connectivity index (χ4v) is 3.00. The molecule has 5 nitrogen and oxygen atoms in total. The van der Waals surface area contributed by atoms with Crippen LogP contribution < -0.4 is 10.6 Å². The van der Waals surface area contributed by atoms with E-state index < -0.39 is 0 Å². The first-order chi connectivity index (χ1) is 9.28. The van der Waals surface area contributed by atoms with E-state index in [2.05, 4.69) is 20.4 Å². The van der Waals surface area contributed by atoms with E-state index >= 15 is 0 Å². The monoisotopic (exact) mass is 268 g/mol. The molecule has 0 aliphatic carbocycles. The zero-order valence-electron chi connectivity index (χ0n) is 12.2. The molecule has 2 saturated heterocycles. The van der Waals surface area contributed by atoms with Crippen molar-refractivity contribution in [3.8, 4) is 0 Å². The highest BCUT2D eigenvalue weighted by atomic mass is 16.1. The molecular weight excluding hydrogens is 240 g/mol. The Bertz CT molecular complexity index is 271. The molecule has 0 aromatic heterocycles. The molecule has 2 heterocycles. The Morgan fingerprint density at radius 1 is 1.11 bits per heavy atom. The SMILES string of the molecule is CNC(=O)CC1CCN(CCN2CCNCC2)CC1. The summed E-state index contributed by atoms with van der Waals surface area (Å²) in [5.41, 5.74) is 0. The first-order valence-corrected chi connectivity index (χ1v) is 7.64. The van der Waals surface area contributed by atoms with Gasteiger partial charge in [0.2, 0.25) is 5.91 Å². The molecule has 2 rings (SSSR count). The third-order valence-electron chi connectivity index (χ3n) is 4.40. The molecule has 19 heavy (non-hydrogen) atoms. The predicted molar refractivity (Wildman–Crippen MR) is 77.2 cm³/mol. The summed E-state index contributed by atoms with van der Waals surface area (Å²) in [6, 6.07) is 0. The van der Waals surface area contributed by atoms with E-state index in [1.54, 1.807) is 7.05 Å². The van der Waals surface area contributed by atoms with Crippen molar-refractivity contribution in [3.05, 3.63) is 0 Å². The zero-order valence-corrected chi connectivity index (χ0v) is 12.2. The molecular formula is C14H28N4O. The van der Waals surface area contributed by atoms with Crippen molar-refractivity contribution in [2.75, 3.05) is 59.4 Å². The Kier molecular flexibility index (Phi) is 6.07. The number of amides is 1. The van der Waals surface area contributed by atoms with Crippen LogP contribution in [0.4, 0.5) is 0 Å². The number of piperazine rings is 1. The van der Waals surface area contributed by atoms with Gasteiger partial charge in [-0.15, -0.1) is 0 Å². The minimum atomic E-state index is 0.194. The van der Waals surface area contributed by atoms with E-state index in [9.17, 15) is 4.79 Å². The molecule has 0 saturated carbocycles. The Labute approximate surface area is 116 Å². The number of rotatable bonds is 5. The van der Waals surface area contributed by atoms with Gasteiger partial charge in [-0.25, -0.2) is 0 Å². The second kappa shape index (κ2) is 7.82. The number of hydrogen-bond acceptors (Lipinski definition) is 4. The third kappa shape index (κ3) is 5.09. The number of hydrogen-bond donors (Lipinski definition) is 2. The van der Waals surface area contributed by atoms with Crippen molar-refractivity contribution < 1.29 is 4.79 Å². The molecule has 0 radical (unpaired) electrons. The van der Waals surface area contributed by atoms with Crippen LogP contribution in [-0.4, -0.2) is 75.1 Å². The average Bonchev–Trinajstić information content (AvgIpc) is 2.47. The Morgan fingerprint density at radius 2 is 1.68 bits per heavy atom. The van der Waals surface area contributed by atoms with Gasteiger partial charge in [-0.3, -0.25) is 9.69 Å². The molecule has 1 amide bonds. The Morgan fingerprint density at radius 3 is 2.26 bits per heavy atom. The molecule has 0 aromatic carbocycles. The lowest BCUT2D eigenvalue weighted by atomic mass is 9.93. The van der Waals surface area contributed by atoms with Crippen LogP contribution in [-0.2, 0) is 4.79 Å². The topological polar surface area (TPSA) is 47.6 Å². The molecule has 2 aliphatic rings. The van der Waals surface area contributed by atoms with Crippen molar-refractivity contribution in [1.29, 1.82) is 0 Å². The standard InChI is InChI=1S/C14H28N4O/c1-15-14(19)12-13-2-6-17(7-3-13)10-11-18-8-4-16-5-9-18/h13,16H,2-12H2,1H3,(H,15,19). The normalized spacial score (nSPS) is 23.4. The summed E-state index contributed by atoms with van der Waals surface area (Å²) < 4.78 is 0. The van der Waals surface area contributed by atoms with Gasteiger partial charge in [0, 0.05) is 52.7 Å².